The van der Waals surface area contributed by atoms with Crippen molar-refractivity contribution in [2.24, 2.45) is 4.99 Å². The summed E-state index contributed by atoms with van der Waals surface area (Å²) in [5.74, 6) is 1.92. The van der Waals surface area contributed by atoms with Crippen LogP contribution in [0.5, 0.6) is 0 Å². The van der Waals surface area contributed by atoms with E-state index < -0.39 is 0 Å². The predicted octanol–water partition coefficient (Wildman–Crippen LogP) is 2.47. The third-order valence-electron chi connectivity index (χ3n) is 5.18. The Hall–Kier alpha value is -1.82. The quantitative estimate of drug-likeness (QED) is 0.578. The summed E-state index contributed by atoms with van der Waals surface area (Å²) in [4.78, 5) is 13.8. The average Bonchev–Trinajstić information content (AvgIpc) is 2.67. The second-order valence-corrected chi connectivity index (χ2v) is 7.17. The molecule has 0 unspecified atom stereocenters. The average molecular weight is 361 g/mol. The minimum absolute atomic E-state index is 0.499. The summed E-state index contributed by atoms with van der Waals surface area (Å²) in [6.45, 7) is 13.9. The molecule has 1 saturated heterocycles. The van der Waals surface area contributed by atoms with Crippen molar-refractivity contribution in [1.29, 1.82) is 0 Å². The zero-order chi connectivity index (χ0) is 18.9. The molecule has 2 rings (SSSR count). The first-order valence-corrected chi connectivity index (χ1v) is 9.98. The molecule has 0 aliphatic carbocycles. The van der Waals surface area contributed by atoms with E-state index in [-0.39, 0.29) is 0 Å². The fourth-order valence-electron chi connectivity index (χ4n) is 3.39. The number of guanidine groups is 1. The first-order valence-electron chi connectivity index (χ1n) is 9.98. The van der Waals surface area contributed by atoms with Crippen LogP contribution in [0, 0.1) is 0 Å². The standard InChI is InChI=1S/C20H36N6/c1-6-25(7-2)19-9-8-17(14-22-19)15-23-20(21-5)24-18-10-12-26(13-11-18)16(3)4/h8-9,14,16,18H,6-7,10-13,15H2,1-5H3,(H2,21,23,24). The van der Waals surface area contributed by atoms with Gasteiger partial charge in [-0.05, 0) is 52.2 Å². The van der Waals surface area contributed by atoms with Gasteiger partial charge in [-0.25, -0.2) is 4.98 Å². The lowest BCUT2D eigenvalue weighted by Crippen LogP contribution is -2.49. The Balaban J connectivity index is 1.80. The molecule has 6 heteroatoms. The number of anilines is 1. The van der Waals surface area contributed by atoms with Gasteiger partial charge in [-0.3, -0.25) is 4.99 Å². The van der Waals surface area contributed by atoms with E-state index in [9.17, 15) is 0 Å². The van der Waals surface area contributed by atoms with Crippen LogP contribution in [0.2, 0.25) is 0 Å². The molecular formula is C20H36N6. The maximum Gasteiger partial charge on any atom is 0.191 e. The maximum atomic E-state index is 4.59. The van der Waals surface area contributed by atoms with Crippen molar-refractivity contribution in [3.8, 4) is 0 Å². The van der Waals surface area contributed by atoms with Gasteiger partial charge in [-0.2, -0.15) is 0 Å². The number of pyridine rings is 1. The third kappa shape index (κ3) is 5.87. The van der Waals surface area contributed by atoms with Crippen LogP contribution in [0.25, 0.3) is 0 Å². The molecule has 1 aliphatic rings. The molecule has 1 aliphatic heterocycles. The monoisotopic (exact) mass is 360 g/mol. The van der Waals surface area contributed by atoms with Crippen LogP contribution >= 0.6 is 0 Å². The van der Waals surface area contributed by atoms with E-state index in [1.54, 1.807) is 0 Å². The minimum Gasteiger partial charge on any atom is -0.357 e. The number of hydrogen-bond acceptors (Lipinski definition) is 4. The first-order chi connectivity index (χ1) is 12.6. The maximum absolute atomic E-state index is 4.59. The molecule has 0 saturated carbocycles. The van der Waals surface area contributed by atoms with Crippen molar-refractivity contribution in [3.05, 3.63) is 23.9 Å². The van der Waals surface area contributed by atoms with Gasteiger partial charge >= 0.3 is 0 Å². The summed E-state index contributed by atoms with van der Waals surface area (Å²) in [5, 5.41) is 6.98. The van der Waals surface area contributed by atoms with Crippen LogP contribution in [0.15, 0.2) is 23.3 Å². The lowest BCUT2D eigenvalue weighted by Gasteiger charge is -2.35. The van der Waals surface area contributed by atoms with Gasteiger partial charge in [-0.15, -0.1) is 0 Å². The zero-order valence-corrected chi connectivity index (χ0v) is 17.1. The largest absolute Gasteiger partial charge is 0.357 e. The van der Waals surface area contributed by atoms with Gasteiger partial charge in [-0.1, -0.05) is 6.07 Å². The Morgan fingerprint density at radius 2 is 1.96 bits per heavy atom. The molecule has 0 spiro atoms. The predicted molar refractivity (Wildman–Crippen MR) is 111 cm³/mol. The van der Waals surface area contributed by atoms with Crippen LogP contribution in [0.3, 0.4) is 0 Å². The fraction of sp³-hybridized carbons (Fsp3) is 0.700. The molecule has 0 radical (unpaired) electrons. The van der Waals surface area contributed by atoms with E-state index in [1.807, 2.05) is 13.2 Å². The van der Waals surface area contributed by atoms with E-state index >= 15 is 0 Å². The highest BCUT2D eigenvalue weighted by molar-refractivity contribution is 5.79. The first kappa shape index (κ1) is 20.5. The topological polar surface area (TPSA) is 55.8 Å². The van der Waals surface area contributed by atoms with E-state index in [0.717, 1.165) is 44.5 Å². The van der Waals surface area contributed by atoms with Crippen LogP contribution in [-0.2, 0) is 6.54 Å². The number of aliphatic imine (C=N–C) groups is 1. The van der Waals surface area contributed by atoms with E-state index in [0.29, 0.717) is 12.1 Å². The summed E-state index contributed by atoms with van der Waals surface area (Å²) in [6.07, 6.45) is 4.28. The second-order valence-electron chi connectivity index (χ2n) is 7.17. The molecule has 146 valence electrons. The summed E-state index contributed by atoms with van der Waals surface area (Å²) in [6, 6.07) is 5.38. The molecule has 26 heavy (non-hydrogen) atoms. The lowest BCUT2D eigenvalue weighted by molar-refractivity contribution is 0.167. The number of piperidine rings is 1. The Kier molecular flexibility index (Phi) is 8.16. The number of hydrogen-bond donors (Lipinski definition) is 2. The highest BCUT2D eigenvalue weighted by atomic mass is 15.2. The smallest absolute Gasteiger partial charge is 0.191 e. The van der Waals surface area contributed by atoms with Gasteiger partial charge in [0.25, 0.3) is 0 Å². The summed E-state index contributed by atoms with van der Waals surface area (Å²) in [7, 11) is 1.83. The molecule has 1 aromatic rings. The third-order valence-corrected chi connectivity index (χ3v) is 5.18. The van der Waals surface area contributed by atoms with E-state index in [1.165, 1.54) is 18.4 Å². The molecular weight excluding hydrogens is 324 g/mol. The Morgan fingerprint density at radius 3 is 2.46 bits per heavy atom. The van der Waals surface area contributed by atoms with Gasteiger partial charge in [0, 0.05) is 58.1 Å². The van der Waals surface area contributed by atoms with Gasteiger partial charge < -0.3 is 20.4 Å². The van der Waals surface area contributed by atoms with Crippen molar-refractivity contribution in [2.45, 2.75) is 59.2 Å². The van der Waals surface area contributed by atoms with E-state index in [4.69, 9.17) is 0 Å². The van der Waals surface area contributed by atoms with Crippen molar-refractivity contribution < 1.29 is 0 Å². The number of nitrogens with one attached hydrogen (secondary N) is 2. The number of rotatable bonds is 7. The number of likely N-dealkylation sites (tertiary alicyclic amines) is 1. The van der Waals surface area contributed by atoms with Crippen molar-refractivity contribution in [1.82, 2.24) is 20.5 Å². The Bertz CT molecular complexity index is 542. The van der Waals surface area contributed by atoms with Gasteiger partial charge in [0.05, 0.1) is 0 Å². The minimum atomic E-state index is 0.499. The van der Waals surface area contributed by atoms with Crippen molar-refractivity contribution >= 4 is 11.8 Å². The molecule has 0 amide bonds. The fourth-order valence-corrected chi connectivity index (χ4v) is 3.39. The molecule has 0 atom stereocenters. The number of aromatic nitrogens is 1. The summed E-state index contributed by atoms with van der Waals surface area (Å²) < 4.78 is 0. The molecule has 2 heterocycles. The van der Waals surface area contributed by atoms with Crippen LogP contribution in [-0.4, -0.2) is 61.2 Å². The van der Waals surface area contributed by atoms with Crippen LogP contribution < -0.4 is 15.5 Å². The Labute approximate surface area is 159 Å². The van der Waals surface area contributed by atoms with Crippen LogP contribution in [0.1, 0.15) is 46.1 Å². The molecule has 0 bridgehead atoms. The highest BCUT2D eigenvalue weighted by Gasteiger charge is 2.21. The van der Waals surface area contributed by atoms with Crippen LogP contribution in [0.4, 0.5) is 5.82 Å². The second kappa shape index (κ2) is 10.4. The summed E-state index contributed by atoms with van der Waals surface area (Å²) in [5.41, 5.74) is 1.17. The Morgan fingerprint density at radius 1 is 1.27 bits per heavy atom. The summed E-state index contributed by atoms with van der Waals surface area (Å²) >= 11 is 0. The van der Waals surface area contributed by atoms with Crippen molar-refractivity contribution in [3.63, 3.8) is 0 Å². The van der Waals surface area contributed by atoms with Gasteiger partial charge in [0.1, 0.15) is 5.82 Å². The normalized spacial score (nSPS) is 16.8. The van der Waals surface area contributed by atoms with E-state index in [2.05, 4.69) is 70.2 Å². The van der Waals surface area contributed by atoms with Gasteiger partial charge in [0.2, 0.25) is 0 Å². The SMILES string of the molecule is CCN(CC)c1ccc(CNC(=NC)NC2CCN(C(C)C)CC2)cn1. The van der Waals surface area contributed by atoms with Crippen molar-refractivity contribution in [2.75, 3.05) is 38.1 Å². The number of nitrogens with zero attached hydrogens (tertiary/aromatic N) is 4. The molecule has 0 aromatic carbocycles. The molecule has 1 fully saturated rings. The molecule has 2 N–H and O–H groups in total. The highest BCUT2D eigenvalue weighted by Crippen LogP contribution is 2.13. The zero-order valence-electron chi connectivity index (χ0n) is 17.1. The molecule has 1 aromatic heterocycles. The molecule has 6 nitrogen and oxygen atoms in total. The lowest BCUT2D eigenvalue weighted by atomic mass is 10.0. The van der Waals surface area contributed by atoms with Gasteiger partial charge in [0.15, 0.2) is 5.96 Å².